The molecule has 104 valence electrons. The number of hydrogen-bond donors (Lipinski definition) is 1. The zero-order chi connectivity index (χ0) is 14.0. The average Bonchev–Trinajstić information content (AvgIpc) is 2.90. The van der Waals surface area contributed by atoms with E-state index in [1.165, 1.54) is 0 Å². The summed E-state index contributed by atoms with van der Waals surface area (Å²) in [7, 11) is 3.34. The van der Waals surface area contributed by atoms with E-state index in [4.69, 9.17) is 4.74 Å². The van der Waals surface area contributed by atoms with Gasteiger partial charge in [0.25, 0.3) is 0 Å². The summed E-state index contributed by atoms with van der Waals surface area (Å²) in [5, 5.41) is 9.29. The molecule has 0 aliphatic carbocycles. The van der Waals surface area contributed by atoms with Crippen LogP contribution in [-0.4, -0.2) is 51.7 Å². The Labute approximate surface area is 110 Å². The first-order valence-electron chi connectivity index (χ1n) is 6.03. The molecule has 0 bridgehead atoms. The Balaban J connectivity index is 2.33. The fourth-order valence-electron chi connectivity index (χ4n) is 2.48. The third-order valence-electron chi connectivity index (χ3n) is 3.44. The molecule has 0 spiro atoms. The summed E-state index contributed by atoms with van der Waals surface area (Å²) in [6, 6.07) is -0.479. The Bertz CT molecular complexity index is 485. The molecule has 0 aromatic carbocycles. The molecule has 7 heteroatoms. The van der Waals surface area contributed by atoms with Gasteiger partial charge in [-0.25, -0.2) is 4.98 Å². The standard InChI is InChI=1S/C12H17N3O4/c1-14-7-13-6-9(14)11-8(12(17)18)5-10(16)15(11)3-4-19-2/h6-8,11H,3-5H2,1-2H3,(H,17,18). The molecular formula is C12H17N3O4. The van der Waals surface area contributed by atoms with Crippen LogP contribution in [0.25, 0.3) is 0 Å². The molecule has 1 fully saturated rings. The van der Waals surface area contributed by atoms with Gasteiger partial charge >= 0.3 is 5.97 Å². The second-order valence-electron chi connectivity index (χ2n) is 4.60. The van der Waals surface area contributed by atoms with Gasteiger partial charge in [-0.15, -0.1) is 0 Å². The molecule has 1 aliphatic rings. The van der Waals surface area contributed by atoms with Crippen LogP contribution >= 0.6 is 0 Å². The van der Waals surface area contributed by atoms with Gasteiger partial charge in [0.05, 0.1) is 36.8 Å². The maximum absolute atomic E-state index is 12.0. The van der Waals surface area contributed by atoms with Crippen LogP contribution in [0.2, 0.25) is 0 Å². The molecule has 2 atom stereocenters. The summed E-state index contributed by atoms with van der Waals surface area (Å²) in [5.74, 6) is -1.85. The summed E-state index contributed by atoms with van der Waals surface area (Å²) in [5.41, 5.74) is 0.731. The third-order valence-corrected chi connectivity index (χ3v) is 3.44. The maximum Gasteiger partial charge on any atom is 0.309 e. The Hall–Kier alpha value is -1.89. The molecular weight excluding hydrogens is 250 g/mol. The first kappa shape index (κ1) is 13.5. The highest BCUT2D eigenvalue weighted by Crippen LogP contribution is 2.37. The Morgan fingerprint density at radius 1 is 1.63 bits per heavy atom. The van der Waals surface area contributed by atoms with E-state index in [0.717, 1.165) is 5.69 Å². The quantitative estimate of drug-likeness (QED) is 0.814. The van der Waals surface area contributed by atoms with Gasteiger partial charge in [0.2, 0.25) is 5.91 Å². The number of carbonyl (C=O) groups excluding carboxylic acids is 1. The average molecular weight is 267 g/mol. The summed E-state index contributed by atoms with van der Waals surface area (Å²) in [4.78, 5) is 28.9. The second kappa shape index (κ2) is 5.40. The number of rotatable bonds is 5. The van der Waals surface area contributed by atoms with Gasteiger partial charge in [-0.3, -0.25) is 9.59 Å². The smallest absolute Gasteiger partial charge is 0.309 e. The lowest BCUT2D eigenvalue weighted by Gasteiger charge is -2.26. The number of carboxylic acids is 1. The number of methoxy groups -OCH3 is 1. The predicted octanol–water partition coefficient (Wildman–Crippen LogP) is 0.0407. The first-order valence-corrected chi connectivity index (χ1v) is 6.03. The molecule has 0 saturated carbocycles. The fourth-order valence-corrected chi connectivity index (χ4v) is 2.48. The van der Waals surface area contributed by atoms with Crippen LogP contribution in [0.5, 0.6) is 0 Å². The van der Waals surface area contributed by atoms with Crippen LogP contribution < -0.4 is 0 Å². The summed E-state index contributed by atoms with van der Waals surface area (Å²) in [6.07, 6.45) is 3.24. The fraction of sp³-hybridized carbons (Fsp3) is 0.583. The molecule has 1 N–H and O–H groups in total. The summed E-state index contributed by atoms with van der Waals surface area (Å²) >= 11 is 0. The normalized spacial score (nSPS) is 23.1. The highest BCUT2D eigenvalue weighted by molar-refractivity contribution is 5.87. The topological polar surface area (TPSA) is 84.7 Å². The maximum atomic E-state index is 12.0. The molecule has 1 aromatic heterocycles. The van der Waals surface area contributed by atoms with Crippen molar-refractivity contribution in [2.24, 2.45) is 13.0 Å². The van der Waals surface area contributed by atoms with Gasteiger partial charge in [0.15, 0.2) is 0 Å². The monoisotopic (exact) mass is 267 g/mol. The minimum Gasteiger partial charge on any atom is -0.481 e. The Kier molecular flexibility index (Phi) is 3.84. The van der Waals surface area contributed by atoms with Gasteiger partial charge in [0.1, 0.15) is 0 Å². The third kappa shape index (κ3) is 2.46. The lowest BCUT2D eigenvalue weighted by atomic mass is 9.98. The number of nitrogens with zero attached hydrogens (tertiary/aromatic N) is 3. The number of aromatic nitrogens is 2. The van der Waals surface area contributed by atoms with Crippen molar-refractivity contribution < 1.29 is 19.4 Å². The number of carboxylic acid groups (broad SMARTS) is 1. The van der Waals surface area contributed by atoms with E-state index in [1.54, 1.807) is 36.1 Å². The van der Waals surface area contributed by atoms with Gasteiger partial charge in [-0.05, 0) is 0 Å². The first-order chi connectivity index (χ1) is 9.06. The van der Waals surface area contributed by atoms with Crippen LogP contribution in [0.3, 0.4) is 0 Å². The number of aryl methyl sites for hydroxylation is 1. The van der Waals surface area contributed by atoms with E-state index < -0.39 is 17.9 Å². The number of carbonyl (C=O) groups is 2. The predicted molar refractivity (Wildman–Crippen MR) is 65.3 cm³/mol. The molecule has 2 unspecified atom stereocenters. The molecule has 19 heavy (non-hydrogen) atoms. The van der Waals surface area contributed by atoms with Crippen LogP contribution in [0.15, 0.2) is 12.5 Å². The van der Waals surface area contributed by atoms with E-state index in [1.807, 2.05) is 0 Å². The van der Waals surface area contributed by atoms with Crippen molar-refractivity contribution in [2.75, 3.05) is 20.3 Å². The highest BCUT2D eigenvalue weighted by atomic mass is 16.5. The highest BCUT2D eigenvalue weighted by Gasteiger charge is 2.45. The molecule has 1 aliphatic heterocycles. The van der Waals surface area contributed by atoms with E-state index in [-0.39, 0.29) is 12.3 Å². The van der Waals surface area contributed by atoms with E-state index in [0.29, 0.717) is 13.2 Å². The largest absolute Gasteiger partial charge is 0.481 e. The van der Waals surface area contributed by atoms with Crippen molar-refractivity contribution in [3.05, 3.63) is 18.2 Å². The molecule has 1 aromatic rings. The number of amides is 1. The number of hydrogen-bond acceptors (Lipinski definition) is 4. The van der Waals surface area contributed by atoms with E-state index in [2.05, 4.69) is 4.98 Å². The van der Waals surface area contributed by atoms with Crippen molar-refractivity contribution in [3.8, 4) is 0 Å². The molecule has 1 saturated heterocycles. The summed E-state index contributed by atoms with van der Waals surface area (Å²) in [6.45, 7) is 0.765. The van der Waals surface area contributed by atoms with Gasteiger partial charge in [-0.1, -0.05) is 0 Å². The number of imidazole rings is 1. The van der Waals surface area contributed by atoms with Gasteiger partial charge in [0, 0.05) is 27.1 Å². The van der Waals surface area contributed by atoms with E-state index >= 15 is 0 Å². The van der Waals surface area contributed by atoms with Crippen molar-refractivity contribution >= 4 is 11.9 Å². The van der Waals surface area contributed by atoms with Crippen molar-refractivity contribution in [2.45, 2.75) is 12.5 Å². The minimum absolute atomic E-state index is 0.0227. The zero-order valence-electron chi connectivity index (χ0n) is 10.9. The van der Waals surface area contributed by atoms with Crippen molar-refractivity contribution in [1.29, 1.82) is 0 Å². The number of likely N-dealkylation sites (tertiary alicyclic amines) is 1. The molecule has 7 nitrogen and oxygen atoms in total. The van der Waals surface area contributed by atoms with Crippen molar-refractivity contribution in [3.63, 3.8) is 0 Å². The van der Waals surface area contributed by atoms with Gasteiger partial charge in [-0.2, -0.15) is 0 Å². The molecule has 2 rings (SSSR count). The lowest BCUT2D eigenvalue weighted by molar-refractivity contribution is -0.142. The summed E-state index contributed by atoms with van der Waals surface area (Å²) < 4.78 is 6.73. The van der Waals surface area contributed by atoms with Crippen molar-refractivity contribution in [1.82, 2.24) is 14.5 Å². The Morgan fingerprint density at radius 2 is 2.37 bits per heavy atom. The van der Waals surface area contributed by atoms with Crippen LogP contribution in [0.1, 0.15) is 18.2 Å². The SMILES string of the molecule is COCCN1C(=O)CC(C(=O)O)C1c1cncn1C. The van der Waals surface area contributed by atoms with Crippen LogP contribution in [-0.2, 0) is 21.4 Å². The van der Waals surface area contributed by atoms with Crippen LogP contribution in [0, 0.1) is 5.92 Å². The van der Waals surface area contributed by atoms with Gasteiger partial charge < -0.3 is 19.3 Å². The zero-order valence-corrected chi connectivity index (χ0v) is 10.9. The lowest BCUT2D eigenvalue weighted by Crippen LogP contribution is -2.34. The molecule has 0 radical (unpaired) electrons. The number of ether oxygens (including phenoxy) is 1. The van der Waals surface area contributed by atoms with Crippen LogP contribution in [0.4, 0.5) is 0 Å². The molecule has 2 heterocycles. The molecule has 1 amide bonds. The number of aliphatic carboxylic acids is 1. The minimum atomic E-state index is -0.959. The second-order valence-corrected chi connectivity index (χ2v) is 4.60. The Morgan fingerprint density at radius 3 is 2.89 bits per heavy atom. The van der Waals surface area contributed by atoms with E-state index in [9.17, 15) is 14.7 Å².